The van der Waals surface area contributed by atoms with Crippen LogP contribution in [0.15, 0.2) is 30.5 Å². The Balaban J connectivity index is 1.86. The van der Waals surface area contributed by atoms with Gasteiger partial charge in [0.1, 0.15) is 0 Å². The number of fused-ring (bicyclic) bond motifs is 1. The second kappa shape index (κ2) is 4.70. The van der Waals surface area contributed by atoms with E-state index in [9.17, 15) is 4.39 Å². The number of aromatic nitrogens is 1. The monoisotopic (exact) mass is 277 g/mol. The fourth-order valence-electron chi connectivity index (χ4n) is 2.47. The molecule has 0 fully saturated rings. The molecule has 98 valence electrons. The Morgan fingerprint density at radius 3 is 3.00 bits per heavy atom. The second-order valence-corrected chi connectivity index (χ2v) is 5.11. The van der Waals surface area contributed by atoms with E-state index in [-0.39, 0.29) is 11.9 Å². The Kier molecular flexibility index (Phi) is 3.03. The highest BCUT2D eigenvalue weighted by Crippen LogP contribution is 2.35. The summed E-state index contributed by atoms with van der Waals surface area (Å²) in [7, 11) is 0. The van der Waals surface area contributed by atoms with Gasteiger partial charge in [0.15, 0.2) is 11.6 Å². The van der Waals surface area contributed by atoms with Crippen molar-refractivity contribution in [1.29, 1.82) is 0 Å². The molecule has 1 aliphatic carbocycles. The number of nitrogens with two attached hydrogens (primary N) is 1. The van der Waals surface area contributed by atoms with Gasteiger partial charge in [0.05, 0.1) is 11.1 Å². The number of nitrogens with one attached hydrogen (secondary N) is 1. The third-order valence-corrected chi connectivity index (χ3v) is 3.57. The molecule has 3 rings (SSSR count). The standard InChI is InChI=1S/C14H13ClFN3/c15-9-6-12(16)14(18-7-9)19-13-4-1-8-5-10(17)2-3-11(8)13/h2-3,5-7,13H,1,4,17H2,(H,18,19). The van der Waals surface area contributed by atoms with Crippen molar-refractivity contribution < 1.29 is 4.39 Å². The maximum Gasteiger partial charge on any atom is 0.166 e. The van der Waals surface area contributed by atoms with Gasteiger partial charge in [-0.3, -0.25) is 0 Å². The van der Waals surface area contributed by atoms with Crippen LogP contribution in [-0.2, 0) is 6.42 Å². The third-order valence-electron chi connectivity index (χ3n) is 3.36. The minimum absolute atomic E-state index is 0.0683. The lowest BCUT2D eigenvalue weighted by Crippen LogP contribution is -2.10. The van der Waals surface area contributed by atoms with Crippen molar-refractivity contribution in [3.05, 3.63) is 52.4 Å². The first-order chi connectivity index (χ1) is 9.13. The Labute approximate surface area is 115 Å². The van der Waals surface area contributed by atoms with Gasteiger partial charge in [-0.25, -0.2) is 9.37 Å². The highest BCUT2D eigenvalue weighted by atomic mass is 35.5. The maximum absolute atomic E-state index is 13.7. The Bertz CT molecular complexity index is 630. The summed E-state index contributed by atoms with van der Waals surface area (Å²) in [4.78, 5) is 3.99. The van der Waals surface area contributed by atoms with E-state index in [1.165, 1.54) is 17.8 Å². The molecule has 1 unspecified atom stereocenters. The van der Waals surface area contributed by atoms with E-state index in [0.717, 1.165) is 24.1 Å². The molecule has 0 spiro atoms. The van der Waals surface area contributed by atoms with Crippen LogP contribution in [0.2, 0.25) is 5.02 Å². The van der Waals surface area contributed by atoms with Crippen LogP contribution in [0.5, 0.6) is 0 Å². The fourth-order valence-corrected chi connectivity index (χ4v) is 2.62. The lowest BCUT2D eigenvalue weighted by molar-refractivity contribution is 0.618. The Morgan fingerprint density at radius 2 is 2.21 bits per heavy atom. The third kappa shape index (κ3) is 2.36. The minimum atomic E-state index is -0.434. The molecular weight excluding hydrogens is 265 g/mol. The zero-order chi connectivity index (χ0) is 13.4. The highest BCUT2D eigenvalue weighted by Gasteiger charge is 2.23. The van der Waals surface area contributed by atoms with Gasteiger partial charge in [0.2, 0.25) is 0 Å². The molecule has 0 bridgehead atoms. The van der Waals surface area contributed by atoms with Crippen LogP contribution in [0, 0.1) is 5.82 Å². The van der Waals surface area contributed by atoms with Crippen LogP contribution in [-0.4, -0.2) is 4.98 Å². The SMILES string of the molecule is Nc1ccc2c(c1)CCC2Nc1ncc(Cl)cc1F. The van der Waals surface area contributed by atoms with Crippen LogP contribution in [0.3, 0.4) is 0 Å². The predicted octanol–water partition coefficient (Wildman–Crippen LogP) is 3.56. The summed E-state index contributed by atoms with van der Waals surface area (Å²) in [5.74, 6) is -0.199. The first kappa shape index (κ1) is 12.2. The zero-order valence-electron chi connectivity index (χ0n) is 10.2. The average Bonchev–Trinajstić information content (AvgIpc) is 2.75. The number of nitrogens with zero attached hydrogens (tertiary/aromatic N) is 1. The van der Waals surface area contributed by atoms with Gasteiger partial charge in [0.25, 0.3) is 0 Å². The molecule has 5 heteroatoms. The summed E-state index contributed by atoms with van der Waals surface area (Å²) in [5, 5.41) is 3.42. The van der Waals surface area contributed by atoms with E-state index in [1.807, 2.05) is 18.2 Å². The molecule has 0 saturated carbocycles. The van der Waals surface area contributed by atoms with Crippen molar-refractivity contribution in [3.8, 4) is 0 Å². The lowest BCUT2D eigenvalue weighted by Gasteiger charge is -2.15. The lowest BCUT2D eigenvalue weighted by atomic mass is 10.1. The van der Waals surface area contributed by atoms with Gasteiger partial charge < -0.3 is 11.1 Å². The van der Waals surface area contributed by atoms with Gasteiger partial charge in [-0.1, -0.05) is 17.7 Å². The molecular formula is C14H13ClFN3. The molecule has 0 radical (unpaired) electrons. The van der Waals surface area contributed by atoms with E-state index in [0.29, 0.717) is 5.02 Å². The molecule has 1 aromatic heterocycles. The molecule has 3 N–H and O–H groups in total. The predicted molar refractivity (Wildman–Crippen MR) is 74.7 cm³/mol. The summed E-state index contributed by atoms with van der Waals surface area (Å²) in [6, 6.07) is 7.16. The number of nitrogen functional groups attached to an aromatic ring is 1. The van der Waals surface area contributed by atoms with Crippen molar-refractivity contribution in [3.63, 3.8) is 0 Å². The van der Waals surface area contributed by atoms with Gasteiger partial charge in [-0.15, -0.1) is 0 Å². The first-order valence-electron chi connectivity index (χ1n) is 6.09. The second-order valence-electron chi connectivity index (χ2n) is 4.68. The molecule has 0 amide bonds. The summed E-state index contributed by atoms with van der Waals surface area (Å²) in [5.41, 5.74) is 8.89. The van der Waals surface area contributed by atoms with E-state index in [4.69, 9.17) is 17.3 Å². The molecule has 2 aromatic rings. The number of aryl methyl sites for hydroxylation is 1. The van der Waals surface area contributed by atoms with Crippen LogP contribution >= 0.6 is 11.6 Å². The largest absolute Gasteiger partial charge is 0.399 e. The van der Waals surface area contributed by atoms with E-state index in [2.05, 4.69) is 10.3 Å². The summed E-state index contributed by atoms with van der Waals surface area (Å²) >= 11 is 5.69. The van der Waals surface area contributed by atoms with E-state index >= 15 is 0 Å². The van der Waals surface area contributed by atoms with Gasteiger partial charge in [-0.05, 0) is 42.2 Å². The quantitative estimate of drug-likeness (QED) is 0.825. The Hall–Kier alpha value is -1.81. The smallest absolute Gasteiger partial charge is 0.166 e. The molecule has 1 aromatic carbocycles. The number of pyridine rings is 1. The average molecular weight is 278 g/mol. The molecule has 3 nitrogen and oxygen atoms in total. The van der Waals surface area contributed by atoms with Gasteiger partial charge >= 0.3 is 0 Å². The number of hydrogen-bond donors (Lipinski definition) is 2. The summed E-state index contributed by atoms with van der Waals surface area (Å²) < 4.78 is 13.7. The van der Waals surface area contributed by atoms with Crippen molar-refractivity contribution in [2.24, 2.45) is 0 Å². The van der Waals surface area contributed by atoms with Crippen molar-refractivity contribution in [2.45, 2.75) is 18.9 Å². The van der Waals surface area contributed by atoms with Crippen LogP contribution in [0.1, 0.15) is 23.6 Å². The topological polar surface area (TPSA) is 50.9 Å². The van der Waals surface area contributed by atoms with Gasteiger partial charge in [-0.2, -0.15) is 0 Å². The number of benzene rings is 1. The van der Waals surface area contributed by atoms with Crippen molar-refractivity contribution in [2.75, 3.05) is 11.1 Å². The van der Waals surface area contributed by atoms with Crippen LogP contribution in [0.4, 0.5) is 15.9 Å². The zero-order valence-corrected chi connectivity index (χ0v) is 10.9. The molecule has 1 aliphatic rings. The normalized spacial score (nSPS) is 17.3. The van der Waals surface area contributed by atoms with Crippen molar-refractivity contribution >= 4 is 23.1 Å². The molecule has 1 heterocycles. The summed E-state index contributed by atoms with van der Waals surface area (Å²) in [6.07, 6.45) is 3.28. The number of hydrogen-bond acceptors (Lipinski definition) is 3. The molecule has 0 aliphatic heterocycles. The fraction of sp³-hybridized carbons (Fsp3) is 0.214. The number of anilines is 2. The highest BCUT2D eigenvalue weighted by molar-refractivity contribution is 6.30. The van der Waals surface area contributed by atoms with E-state index < -0.39 is 5.82 Å². The van der Waals surface area contributed by atoms with Crippen molar-refractivity contribution in [1.82, 2.24) is 4.98 Å². The number of halogens is 2. The maximum atomic E-state index is 13.7. The van der Waals surface area contributed by atoms with Gasteiger partial charge in [0, 0.05) is 11.9 Å². The minimum Gasteiger partial charge on any atom is -0.399 e. The first-order valence-corrected chi connectivity index (χ1v) is 6.47. The number of rotatable bonds is 2. The van der Waals surface area contributed by atoms with E-state index in [1.54, 1.807) is 0 Å². The molecule has 19 heavy (non-hydrogen) atoms. The molecule has 0 saturated heterocycles. The Morgan fingerprint density at radius 1 is 1.37 bits per heavy atom. The van der Waals surface area contributed by atoms with Crippen LogP contribution in [0.25, 0.3) is 0 Å². The summed E-state index contributed by atoms with van der Waals surface area (Å²) in [6.45, 7) is 0. The van der Waals surface area contributed by atoms with Crippen LogP contribution < -0.4 is 11.1 Å². The molecule has 1 atom stereocenters.